The lowest BCUT2D eigenvalue weighted by atomic mass is 9.97. The fourth-order valence-corrected chi connectivity index (χ4v) is 2.53. The molecule has 21 heavy (non-hydrogen) atoms. The van der Waals surface area contributed by atoms with E-state index in [0.717, 1.165) is 6.42 Å². The third-order valence-electron chi connectivity index (χ3n) is 3.38. The summed E-state index contributed by atoms with van der Waals surface area (Å²) in [5.74, 6) is -0.175. The molecule has 122 valence electrons. The van der Waals surface area contributed by atoms with Crippen LogP contribution in [-0.4, -0.2) is 55.5 Å². The largest absolute Gasteiger partial charge is 0.466 e. The molecule has 6 nitrogen and oxygen atoms in total. The molecule has 0 aliphatic carbocycles. The van der Waals surface area contributed by atoms with Crippen LogP contribution in [0, 0.1) is 5.92 Å². The van der Waals surface area contributed by atoms with Gasteiger partial charge in [0.25, 0.3) is 0 Å². The summed E-state index contributed by atoms with van der Waals surface area (Å²) in [6.07, 6.45) is 0.712. The van der Waals surface area contributed by atoms with Crippen LogP contribution in [0.5, 0.6) is 0 Å². The van der Waals surface area contributed by atoms with E-state index in [-0.39, 0.29) is 24.0 Å². The van der Waals surface area contributed by atoms with Crippen molar-refractivity contribution < 1.29 is 23.8 Å². The summed E-state index contributed by atoms with van der Waals surface area (Å²) >= 11 is 0. The van der Waals surface area contributed by atoms with E-state index in [0.29, 0.717) is 26.2 Å². The maximum Gasteiger partial charge on any atom is 0.410 e. The van der Waals surface area contributed by atoms with Gasteiger partial charge in [-0.1, -0.05) is 0 Å². The number of amides is 1. The first-order chi connectivity index (χ1) is 9.78. The summed E-state index contributed by atoms with van der Waals surface area (Å²) in [5, 5.41) is 0. The Morgan fingerprint density at radius 1 is 1.29 bits per heavy atom. The second-order valence-electron chi connectivity index (χ2n) is 6.25. The molecule has 0 N–H and O–H groups in total. The number of nitrogens with zero attached hydrogens (tertiary/aromatic N) is 1. The van der Waals surface area contributed by atoms with Crippen LogP contribution < -0.4 is 0 Å². The monoisotopic (exact) mass is 301 g/mol. The van der Waals surface area contributed by atoms with Gasteiger partial charge in [0.15, 0.2) is 0 Å². The Balaban J connectivity index is 2.69. The maximum absolute atomic E-state index is 12.2. The second-order valence-corrected chi connectivity index (χ2v) is 6.25. The number of rotatable bonds is 5. The number of hydrogen-bond acceptors (Lipinski definition) is 5. The van der Waals surface area contributed by atoms with Crippen LogP contribution in [0.15, 0.2) is 0 Å². The van der Waals surface area contributed by atoms with E-state index < -0.39 is 5.60 Å². The number of ether oxygens (including phenoxy) is 3. The molecule has 0 saturated carbocycles. The lowest BCUT2D eigenvalue weighted by molar-refractivity contribution is -0.144. The topological polar surface area (TPSA) is 65.1 Å². The van der Waals surface area contributed by atoms with Gasteiger partial charge in [-0.2, -0.15) is 0 Å². The van der Waals surface area contributed by atoms with Crippen LogP contribution in [0.2, 0.25) is 0 Å². The highest BCUT2D eigenvalue weighted by atomic mass is 16.6. The highest BCUT2D eigenvalue weighted by Gasteiger charge is 2.40. The third-order valence-corrected chi connectivity index (χ3v) is 3.38. The van der Waals surface area contributed by atoms with Gasteiger partial charge in [-0.3, -0.25) is 4.79 Å². The van der Waals surface area contributed by atoms with E-state index in [1.807, 2.05) is 20.8 Å². The molecule has 0 spiro atoms. The normalized spacial score (nSPS) is 22.2. The van der Waals surface area contributed by atoms with Crippen molar-refractivity contribution >= 4 is 12.1 Å². The fourth-order valence-electron chi connectivity index (χ4n) is 2.53. The maximum atomic E-state index is 12.2. The molecule has 1 amide bonds. The molecular weight excluding hydrogens is 274 g/mol. The zero-order valence-electron chi connectivity index (χ0n) is 13.7. The van der Waals surface area contributed by atoms with E-state index in [4.69, 9.17) is 14.2 Å². The van der Waals surface area contributed by atoms with Crippen LogP contribution in [0.25, 0.3) is 0 Å². The van der Waals surface area contributed by atoms with Crippen molar-refractivity contribution in [1.29, 1.82) is 0 Å². The van der Waals surface area contributed by atoms with Gasteiger partial charge in [-0.05, 0) is 40.0 Å². The smallest absolute Gasteiger partial charge is 0.410 e. The fraction of sp³-hybridized carbons (Fsp3) is 0.867. The van der Waals surface area contributed by atoms with Crippen molar-refractivity contribution in [2.45, 2.75) is 52.2 Å². The minimum Gasteiger partial charge on any atom is -0.466 e. The predicted molar refractivity (Wildman–Crippen MR) is 78.0 cm³/mol. The van der Waals surface area contributed by atoms with Gasteiger partial charge in [0.1, 0.15) is 5.60 Å². The average molecular weight is 301 g/mol. The van der Waals surface area contributed by atoms with E-state index >= 15 is 0 Å². The molecule has 1 fully saturated rings. The number of carbonyl (C=O) groups excluding carboxylic acids is 2. The van der Waals surface area contributed by atoms with Gasteiger partial charge in [0.05, 0.1) is 25.7 Å². The number of hydrogen-bond donors (Lipinski definition) is 0. The first-order valence-electron chi connectivity index (χ1n) is 7.42. The molecule has 1 saturated heterocycles. The van der Waals surface area contributed by atoms with Crippen molar-refractivity contribution in [1.82, 2.24) is 4.90 Å². The minimum absolute atomic E-state index is 0.0523. The molecule has 2 atom stereocenters. The highest BCUT2D eigenvalue weighted by Crippen LogP contribution is 2.29. The standard InChI is InChI=1S/C15H27NO5/c1-6-20-13(17)9-11-7-8-16(12(11)10-19-5)14(18)21-15(2,3)4/h11-12H,6-10H2,1-5H3. The molecule has 0 bridgehead atoms. The quantitative estimate of drug-likeness (QED) is 0.728. The van der Waals surface area contributed by atoms with Crippen molar-refractivity contribution in [2.24, 2.45) is 5.92 Å². The molecule has 1 heterocycles. The zero-order valence-corrected chi connectivity index (χ0v) is 13.7. The van der Waals surface area contributed by atoms with E-state index in [2.05, 4.69) is 0 Å². The molecule has 2 unspecified atom stereocenters. The first-order valence-corrected chi connectivity index (χ1v) is 7.42. The van der Waals surface area contributed by atoms with Crippen LogP contribution >= 0.6 is 0 Å². The molecule has 6 heteroatoms. The van der Waals surface area contributed by atoms with Crippen LogP contribution in [0.3, 0.4) is 0 Å². The summed E-state index contributed by atoms with van der Waals surface area (Å²) in [4.78, 5) is 25.6. The Hall–Kier alpha value is -1.30. The average Bonchev–Trinajstić information content (AvgIpc) is 2.71. The van der Waals surface area contributed by atoms with Crippen molar-refractivity contribution in [3.63, 3.8) is 0 Å². The molecule has 0 radical (unpaired) electrons. The van der Waals surface area contributed by atoms with E-state index in [1.54, 1.807) is 18.9 Å². The minimum atomic E-state index is -0.534. The Bertz CT molecular complexity index is 364. The summed E-state index contributed by atoms with van der Waals surface area (Å²) in [5.41, 5.74) is -0.534. The van der Waals surface area contributed by atoms with Gasteiger partial charge in [-0.15, -0.1) is 0 Å². The SMILES string of the molecule is CCOC(=O)CC1CCN(C(=O)OC(C)(C)C)C1COC. The Kier molecular flexibility index (Phi) is 6.45. The molecule has 1 aliphatic rings. The van der Waals surface area contributed by atoms with Crippen molar-refractivity contribution in [3.05, 3.63) is 0 Å². The lowest BCUT2D eigenvalue weighted by Gasteiger charge is -2.30. The zero-order chi connectivity index (χ0) is 16.0. The lowest BCUT2D eigenvalue weighted by Crippen LogP contribution is -2.43. The van der Waals surface area contributed by atoms with Gasteiger partial charge >= 0.3 is 12.1 Å². The van der Waals surface area contributed by atoms with Crippen molar-refractivity contribution in [3.8, 4) is 0 Å². The summed E-state index contributed by atoms with van der Waals surface area (Å²) in [6.45, 7) is 8.63. The van der Waals surface area contributed by atoms with Gasteiger partial charge in [-0.25, -0.2) is 4.79 Å². The van der Waals surface area contributed by atoms with Crippen LogP contribution in [-0.2, 0) is 19.0 Å². The Labute approximate surface area is 126 Å². The number of esters is 1. The molecule has 0 aromatic rings. The Morgan fingerprint density at radius 2 is 1.95 bits per heavy atom. The highest BCUT2D eigenvalue weighted by molar-refractivity contribution is 5.71. The van der Waals surface area contributed by atoms with Gasteiger partial charge < -0.3 is 19.1 Å². The van der Waals surface area contributed by atoms with Crippen molar-refractivity contribution in [2.75, 3.05) is 26.9 Å². The van der Waals surface area contributed by atoms with Gasteiger partial charge in [0.2, 0.25) is 0 Å². The molecule has 1 rings (SSSR count). The number of likely N-dealkylation sites (tertiary alicyclic amines) is 1. The summed E-state index contributed by atoms with van der Waals surface area (Å²) in [6, 6.07) is -0.144. The first kappa shape index (κ1) is 17.8. The summed E-state index contributed by atoms with van der Waals surface area (Å²) in [7, 11) is 1.59. The number of carbonyl (C=O) groups is 2. The predicted octanol–water partition coefficient (Wildman–Crippen LogP) is 2.21. The van der Waals surface area contributed by atoms with Gasteiger partial charge in [0, 0.05) is 13.7 Å². The second kappa shape index (κ2) is 7.64. The van der Waals surface area contributed by atoms with Crippen LogP contribution in [0.4, 0.5) is 4.79 Å². The molecule has 0 aromatic carbocycles. The molecular formula is C15H27NO5. The molecule has 0 aromatic heterocycles. The van der Waals surface area contributed by atoms with E-state index in [9.17, 15) is 9.59 Å². The summed E-state index contributed by atoms with van der Waals surface area (Å²) < 4.78 is 15.6. The van der Waals surface area contributed by atoms with E-state index in [1.165, 1.54) is 0 Å². The molecule has 1 aliphatic heterocycles. The third kappa shape index (κ3) is 5.53. The van der Waals surface area contributed by atoms with Crippen LogP contribution in [0.1, 0.15) is 40.5 Å². The Morgan fingerprint density at radius 3 is 2.48 bits per heavy atom. The number of methoxy groups -OCH3 is 1.